The first-order valence-corrected chi connectivity index (χ1v) is 18.9. The van der Waals surface area contributed by atoms with Gasteiger partial charge >= 0.3 is 11.9 Å². The highest BCUT2D eigenvalue weighted by Gasteiger charge is 2.29. The highest BCUT2D eigenvalue weighted by Crippen LogP contribution is 2.29. The first kappa shape index (κ1) is 44.4. The topological polar surface area (TPSA) is 216 Å². The van der Waals surface area contributed by atoms with Crippen LogP contribution in [0.15, 0.2) is 66.4 Å². The minimum atomic E-state index is -1.07. The lowest BCUT2D eigenvalue weighted by molar-refractivity contribution is -0.138. The van der Waals surface area contributed by atoms with Gasteiger partial charge in [-0.2, -0.15) is 0 Å². The number of pyridine rings is 1. The van der Waals surface area contributed by atoms with E-state index >= 15 is 0 Å². The Kier molecular flexibility index (Phi) is 20.4. The van der Waals surface area contributed by atoms with E-state index in [1.807, 2.05) is 18.2 Å². The number of nitrogens with two attached hydrogens (primary N) is 1. The van der Waals surface area contributed by atoms with E-state index in [0.717, 1.165) is 5.56 Å². The van der Waals surface area contributed by atoms with Crippen LogP contribution in [0, 0.1) is 0 Å². The number of aliphatic carboxylic acids is 1. The molecule has 56 heavy (non-hydrogen) atoms. The Labute approximate surface area is 327 Å². The molecular weight excluding hydrogens is 728 g/mol. The van der Waals surface area contributed by atoms with Gasteiger partial charge in [-0.1, -0.05) is 30.4 Å². The number of hydrogen-bond acceptors (Lipinski definition) is 14. The lowest BCUT2D eigenvalue weighted by Gasteiger charge is -2.36. The van der Waals surface area contributed by atoms with E-state index in [-0.39, 0.29) is 11.6 Å². The second-order valence-corrected chi connectivity index (χ2v) is 12.8. The van der Waals surface area contributed by atoms with Crippen molar-refractivity contribution in [1.82, 2.24) is 25.4 Å². The van der Waals surface area contributed by atoms with Crippen molar-refractivity contribution in [2.45, 2.75) is 18.6 Å². The molecule has 308 valence electrons. The van der Waals surface area contributed by atoms with Crippen molar-refractivity contribution in [1.29, 1.82) is 0 Å². The van der Waals surface area contributed by atoms with Gasteiger partial charge in [0.1, 0.15) is 11.7 Å². The zero-order valence-corrected chi connectivity index (χ0v) is 31.9. The third-order valence-corrected chi connectivity index (χ3v) is 8.79. The fourth-order valence-electron chi connectivity index (χ4n) is 5.96. The summed E-state index contributed by atoms with van der Waals surface area (Å²) >= 11 is 0. The van der Waals surface area contributed by atoms with Crippen LogP contribution in [0.1, 0.15) is 38.1 Å². The number of allylic oxidation sites excluding steroid dienone is 2. The highest BCUT2D eigenvalue weighted by atomic mass is 16.5. The highest BCUT2D eigenvalue weighted by molar-refractivity contribution is 5.94. The van der Waals surface area contributed by atoms with Gasteiger partial charge in [-0.3, -0.25) is 14.6 Å². The largest absolute Gasteiger partial charge is 0.479 e. The normalized spacial score (nSPS) is 19.2. The van der Waals surface area contributed by atoms with Crippen molar-refractivity contribution in [3.8, 4) is 0 Å². The maximum Gasteiger partial charge on any atom is 0.354 e. The Hall–Kier alpha value is -4.30. The molecule has 6 N–H and O–H groups in total. The van der Waals surface area contributed by atoms with Crippen molar-refractivity contribution in [3.05, 3.63) is 88.9 Å². The average molecular weight is 785 g/mol. The smallest absolute Gasteiger partial charge is 0.354 e. The molecule has 1 amide bonds. The average Bonchev–Trinajstić information content (AvgIpc) is 3.20. The van der Waals surface area contributed by atoms with E-state index in [9.17, 15) is 24.6 Å². The molecule has 2 aromatic rings. The number of ether oxygens (including phenoxy) is 6. The van der Waals surface area contributed by atoms with Crippen LogP contribution < -0.4 is 16.4 Å². The molecule has 0 saturated carbocycles. The summed E-state index contributed by atoms with van der Waals surface area (Å²) in [7, 11) is 0. The number of rotatable bonds is 16. The van der Waals surface area contributed by atoms with Crippen molar-refractivity contribution in [2.75, 3.05) is 119 Å². The number of dihydropyridines is 1. The van der Waals surface area contributed by atoms with Gasteiger partial charge in [-0.15, -0.1) is 0 Å². The zero-order valence-electron chi connectivity index (χ0n) is 31.9. The third kappa shape index (κ3) is 16.0. The van der Waals surface area contributed by atoms with Gasteiger partial charge in [0.25, 0.3) is 5.91 Å². The van der Waals surface area contributed by atoms with Crippen molar-refractivity contribution in [3.63, 3.8) is 0 Å². The predicted molar refractivity (Wildman–Crippen MR) is 205 cm³/mol. The SMILES string of the molecule is NCCOCCOCCNC(=O)c1ccc(C(C2=CC=CC(C(=O)O)N2)N2CCOCCOCCN(Cc3cccc(C(=O)O)n3)CCOCCOCC2)cc1. The molecule has 2 aliphatic heterocycles. The molecule has 2 aliphatic rings. The number of nitrogens with one attached hydrogen (secondary N) is 2. The van der Waals surface area contributed by atoms with Crippen LogP contribution in [0.4, 0.5) is 0 Å². The number of carbonyl (C=O) groups excluding carboxylic acids is 1. The number of amides is 1. The molecule has 0 spiro atoms. The number of carboxylic acids is 2. The molecule has 0 bridgehead atoms. The quantitative estimate of drug-likeness (QED) is 0.150. The van der Waals surface area contributed by atoms with Crippen LogP contribution in [0.3, 0.4) is 0 Å². The minimum Gasteiger partial charge on any atom is -0.479 e. The van der Waals surface area contributed by atoms with Crippen LogP contribution >= 0.6 is 0 Å². The van der Waals surface area contributed by atoms with E-state index in [2.05, 4.69) is 25.4 Å². The van der Waals surface area contributed by atoms with Crippen molar-refractivity contribution >= 4 is 17.8 Å². The van der Waals surface area contributed by atoms with Crippen LogP contribution in [0.2, 0.25) is 0 Å². The first-order valence-electron chi connectivity index (χ1n) is 18.9. The standard InChI is InChI=1S/C39H56N6O11/c40-11-17-51-23-24-52-18-12-41-37(46)31-9-7-30(8-10-31)36(33-4-2-6-35(43-33)39(49)50)45-15-21-55-27-25-53-19-13-44(14-20-54-26-28-56-22-16-45)29-32-3-1-5-34(42-32)38(47)48/h1-10,35-36,43H,11-29,40H2,(H,41,46)(H,47,48)(H,49,50). The lowest BCUT2D eigenvalue weighted by Crippen LogP contribution is -2.43. The molecule has 2 atom stereocenters. The van der Waals surface area contributed by atoms with Gasteiger partial charge in [0.05, 0.1) is 91.0 Å². The lowest BCUT2D eigenvalue weighted by atomic mass is 9.97. The first-order chi connectivity index (χ1) is 27.4. The van der Waals surface area contributed by atoms with Crippen LogP contribution in [0.25, 0.3) is 0 Å². The summed E-state index contributed by atoms with van der Waals surface area (Å²) in [4.78, 5) is 44.8. The number of aromatic nitrogens is 1. The number of benzene rings is 1. The summed E-state index contributed by atoms with van der Waals surface area (Å²) in [5, 5.41) is 25.2. The Morgan fingerprint density at radius 2 is 1.46 bits per heavy atom. The summed E-state index contributed by atoms with van der Waals surface area (Å²) in [5.74, 6) is -2.31. The molecule has 17 heteroatoms. The number of nitrogens with zero attached hydrogens (tertiary/aromatic N) is 3. The van der Waals surface area contributed by atoms with Crippen molar-refractivity contribution in [2.24, 2.45) is 5.73 Å². The molecule has 1 saturated heterocycles. The van der Waals surface area contributed by atoms with Gasteiger partial charge < -0.3 is 55.0 Å². The van der Waals surface area contributed by atoms with Gasteiger partial charge in [-0.05, 0) is 35.9 Å². The molecule has 0 aliphatic carbocycles. The van der Waals surface area contributed by atoms with Gasteiger partial charge in [-0.25, -0.2) is 14.6 Å². The van der Waals surface area contributed by atoms with Crippen molar-refractivity contribution < 1.29 is 53.0 Å². The third-order valence-electron chi connectivity index (χ3n) is 8.79. The summed E-state index contributed by atoms with van der Waals surface area (Å²) in [6, 6.07) is 10.9. The summed E-state index contributed by atoms with van der Waals surface area (Å²) < 4.78 is 34.5. The second kappa shape index (κ2) is 25.8. The molecule has 0 radical (unpaired) electrons. The predicted octanol–water partition coefficient (Wildman–Crippen LogP) is 0.923. The Bertz CT molecular complexity index is 1520. The van der Waals surface area contributed by atoms with E-state index in [4.69, 9.17) is 34.2 Å². The molecule has 4 rings (SSSR count). The molecule has 17 nitrogen and oxygen atoms in total. The molecule has 1 aromatic carbocycles. The Balaban J connectivity index is 1.37. The molecular formula is C39H56N6O11. The zero-order chi connectivity index (χ0) is 39.8. The van der Waals surface area contributed by atoms with E-state index in [1.165, 1.54) is 6.07 Å². The number of carbonyl (C=O) groups is 3. The Morgan fingerprint density at radius 3 is 2.07 bits per heavy atom. The van der Waals surface area contributed by atoms with Gasteiger partial charge in [0.2, 0.25) is 0 Å². The Morgan fingerprint density at radius 1 is 0.839 bits per heavy atom. The number of carboxylic acid groups (broad SMARTS) is 2. The van der Waals surface area contributed by atoms with Crippen LogP contribution in [-0.4, -0.2) is 167 Å². The number of aromatic carboxylic acids is 1. The maximum atomic E-state index is 12.9. The van der Waals surface area contributed by atoms with Gasteiger partial charge in [0.15, 0.2) is 0 Å². The maximum absolute atomic E-state index is 12.9. The molecule has 3 heterocycles. The van der Waals surface area contributed by atoms with Gasteiger partial charge in [0, 0.05) is 57.1 Å². The molecule has 1 aromatic heterocycles. The summed E-state index contributed by atoms with van der Waals surface area (Å²) in [6.07, 6.45) is 5.19. The van der Waals surface area contributed by atoms with E-state index < -0.39 is 24.0 Å². The van der Waals surface area contributed by atoms with E-state index in [0.29, 0.717) is 142 Å². The van der Waals surface area contributed by atoms with Crippen LogP contribution in [-0.2, 0) is 39.8 Å². The molecule has 2 unspecified atom stereocenters. The summed E-state index contributed by atoms with van der Waals surface area (Å²) in [6.45, 7) is 8.14. The molecule has 1 fully saturated rings. The van der Waals surface area contributed by atoms with Crippen LogP contribution in [0.5, 0.6) is 0 Å². The monoisotopic (exact) mass is 784 g/mol. The summed E-state index contributed by atoms with van der Waals surface area (Å²) in [5.41, 5.74) is 8.07. The second-order valence-electron chi connectivity index (χ2n) is 12.8. The number of hydrogen-bond donors (Lipinski definition) is 5. The van der Waals surface area contributed by atoms with E-state index in [1.54, 1.807) is 36.4 Å². The fraction of sp³-hybridized carbons (Fsp3) is 0.538. The minimum absolute atomic E-state index is 0.000941. The fourth-order valence-corrected chi connectivity index (χ4v) is 5.96.